The fraction of sp³-hybridized carbons (Fsp3) is 0.438. The van der Waals surface area contributed by atoms with Crippen LogP contribution in [0.15, 0.2) is 67.0 Å². The Morgan fingerprint density at radius 3 is 2.63 bits per heavy atom. The molecule has 1 fully saturated rings. The zero-order chi connectivity index (χ0) is 28.5. The van der Waals surface area contributed by atoms with Gasteiger partial charge < -0.3 is 20.1 Å². The van der Waals surface area contributed by atoms with E-state index in [1.54, 1.807) is 25.4 Å². The number of benzene rings is 2. The maximum absolute atomic E-state index is 13.7. The second-order valence-electron chi connectivity index (χ2n) is 11.0. The van der Waals surface area contributed by atoms with Crippen LogP contribution < -0.4 is 20.1 Å². The second kappa shape index (κ2) is 13.6. The Kier molecular flexibility index (Phi) is 9.46. The van der Waals surface area contributed by atoms with E-state index in [1.165, 1.54) is 5.56 Å². The molecule has 2 aromatic carbocycles. The van der Waals surface area contributed by atoms with Crippen LogP contribution >= 0.6 is 0 Å². The molecule has 3 aromatic rings. The smallest absolute Gasteiger partial charge is 0.321 e. The van der Waals surface area contributed by atoms with E-state index < -0.39 is 11.5 Å². The highest BCUT2D eigenvalue weighted by atomic mass is 16.5. The molecule has 1 atom stereocenters. The van der Waals surface area contributed by atoms with Gasteiger partial charge in [0.1, 0.15) is 24.1 Å². The molecule has 9 heteroatoms. The van der Waals surface area contributed by atoms with Crippen LogP contribution in [0.25, 0.3) is 0 Å². The molecule has 3 heterocycles. The quantitative estimate of drug-likeness (QED) is 0.493. The van der Waals surface area contributed by atoms with Gasteiger partial charge in [-0.15, -0.1) is 0 Å². The highest BCUT2D eigenvalue weighted by Crippen LogP contribution is 2.38. The van der Waals surface area contributed by atoms with Crippen molar-refractivity contribution in [3.63, 3.8) is 0 Å². The van der Waals surface area contributed by atoms with Gasteiger partial charge in [0.25, 0.3) is 0 Å². The molecule has 41 heavy (non-hydrogen) atoms. The largest absolute Gasteiger partial charge is 0.491 e. The monoisotopic (exact) mass is 557 g/mol. The number of hydrogen-bond acceptors (Lipinski definition) is 7. The van der Waals surface area contributed by atoms with Crippen LogP contribution in [0.2, 0.25) is 0 Å². The van der Waals surface area contributed by atoms with E-state index in [2.05, 4.69) is 37.6 Å². The molecule has 0 unspecified atom stereocenters. The number of aryl methyl sites for hydroxylation is 1. The Bertz CT molecular complexity index is 1310. The van der Waals surface area contributed by atoms with Crippen molar-refractivity contribution >= 4 is 11.8 Å². The van der Waals surface area contributed by atoms with Crippen LogP contribution in [0, 0.1) is 5.41 Å². The SMILES string of the molecule is C[C@@H]1NC(=O)C2(CCCCc3ccccc3OCCNC1=O)CCN(Cc1cccc(Oc3ncccn3)c1)CC2. The molecule has 0 aliphatic carbocycles. The van der Waals surface area contributed by atoms with Crippen molar-refractivity contribution < 1.29 is 19.1 Å². The van der Waals surface area contributed by atoms with E-state index in [0.717, 1.165) is 69.5 Å². The van der Waals surface area contributed by atoms with Gasteiger partial charge >= 0.3 is 6.01 Å². The summed E-state index contributed by atoms with van der Waals surface area (Å²) >= 11 is 0. The number of rotatable bonds is 4. The third kappa shape index (κ3) is 7.61. The zero-order valence-electron chi connectivity index (χ0n) is 23.7. The number of amides is 2. The number of fused-ring (bicyclic) bond motifs is 1. The van der Waals surface area contributed by atoms with Gasteiger partial charge in [-0.2, -0.15) is 0 Å². The highest BCUT2D eigenvalue weighted by molar-refractivity contribution is 5.90. The zero-order valence-corrected chi connectivity index (χ0v) is 23.7. The molecule has 1 saturated heterocycles. The molecule has 9 nitrogen and oxygen atoms in total. The van der Waals surface area contributed by atoms with E-state index in [0.29, 0.717) is 24.9 Å². The molecular weight excluding hydrogens is 518 g/mol. The predicted octanol–water partition coefficient (Wildman–Crippen LogP) is 4.28. The molecule has 2 aliphatic rings. The summed E-state index contributed by atoms with van der Waals surface area (Å²) in [5, 5.41) is 5.93. The summed E-state index contributed by atoms with van der Waals surface area (Å²) in [6, 6.07) is 17.5. The first kappa shape index (κ1) is 28.5. The molecular formula is C32H39N5O4. The summed E-state index contributed by atoms with van der Waals surface area (Å²) < 4.78 is 11.8. The minimum atomic E-state index is -0.605. The number of nitrogens with one attached hydrogen (secondary N) is 2. The van der Waals surface area contributed by atoms with Crippen molar-refractivity contribution in [1.29, 1.82) is 0 Å². The van der Waals surface area contributed by atoms with Crippen LogP contribution in [0.1, 0.15) is 50.2 Å². The lowest BCUT2D eigenvalue weighted by Crippen LogP contribution is -2.53. The van der Waals surface area contributed by atoms with E-state index in [4.69, 9.17) is 9.47 Å². The Labute approximate surface area is 241 Å². The van der Waals surface area contributed by atoms with Crippen molar-refractivity contribution in [2.45, 2.75) is 58.0 Å². The number of carbonyl (C=O) groups excluding carboxylic acids is 2. The van der Waals surface area contributed by atoms with Crippen molar-refractivity contribution in [2.75, 3.05) is 26.2 Å². The molecule has 216 valence electrons. The number of nitrogens with zero attached hydrogens (tertiary/aromatic N) is 3. The molecule has 1 aromatic heterocycles. The van der Waals surface area contributed by atoms with E-state index in [-0.39, 0.29) is 11.8 Å². The number of ether oxygens (including phenoxy) is 2. The highest BCUT2D eigenvalue weighted by Gasteiger charge is 2.41. The third-order valence-corrected chi connectivity index (χ3v) is 8.07. The summed E-state index contributed by atoms with van der Waals surface area (Å²) in [5.41, 5.74) is 1.81. The van der Waals surface area contributed by atoms with Gasteiger partial charge in [0, 0.05) is 18.9 Å². The van der Waals surface area contributed by atoms with Crippen LogP contribution in [-0.2, 0) is 22.6 Å². The molecule has 5 rings (SSSR count). The molecule has 0 saturated carbocycles. The number of para-hydroxylation sites is 1. The molecule has 1 spiro atoms. The number of piperidine rings is 1. The maximum atomic E-state index is 13.7. The average molecular weight is 558 g/mol. The minimum absolute atomic E-state index is 0.00965. The standard InChI is InChI=1S/C32H39N5O4/c1-24-29(38)33-18-21-40-28-12-3-2-9-26(28)10-4-5-13-32(30(39)36-24)14-19-37(20-15-32)23-25-8-6-11-27(22-25)41-31-34-16-7-17-35-31/h2-3,6-9,11-12,16-17,22,24H,4-5,10,13-15,18-21,23H2,1H3,(H,33,38)(H,36,39)/t24-/m0/s1. The lowest BCUT2D eigenvalue weighted by Gasteiger charge is -2.41. The maximum Gasteiger partial charge on any atom is 0.321 e. The molecule has 2 N–H and O–H groups in total. The van der Waals surface area contributed by atoms with Crippen LogP contribution in [0.5, 0.6) is 17.5 Å². The summed E-state index contributed by atoms with van der Waals surface area (Å²) in [7, 11) is 0. The molecule has 2 aliphatic heterocycles. The van der Waals surface area contributed by atoms with Crippen LogP contribution in [0.4, 0.5) is 0 Å². The minimum Gasteiger partial charge on any atom is -0.491 e. The first-order valence-electron chi connectivity index (χ1n) is 14.6. The molecule has 0 radical (unpaired) electrons. The Morgan fingerprint density at radius 2 is 1.80 bits per heavy atom. The Hall–Kier alpha value is -3.98. The van der Waals surface area contributed by atoms with Crippen molar-refractivity contribution in [1.82, 2.24) is 25.5 Å². The Balaban J connectivity index is 1.24. The van der Waals surface area contributed by atoms with Crippen molar-refractivity contribution in [2.24, 2.45) is 5.41 Å². The second-order valence-corrected chi connectivity index (χ2v) is 11.0. The van der Waals surface area contributed by atoms with Gasteiger partial charge in [0.15, 0.2) is 0 Å². The van der Waals surface area contributed by atoms with Gasteiger partial charge in [-0.3, -0.25) is 14.5 Å². The van der Waals surface area contributed by atoms with Crippen LogP contribution in [0.3, 0.4) is 0 Å². The summed E-state index contributed by atoms with van der Waals surface area (Å²) in [6.07, 6.45) is 8.41. The number of hydrogen-bond donors (Lipinski definition) is 2. The normalized spacial score (nSPS) is 20.5. The topological polar surface area (TPSA) is 106 Å². The predicted molar refractivity (Wildman–Crippen MR) is 156 cm³/mol. The third-order valence-electron chi connectivity index (χ3n) is 8.07. The lowest BCUT2D eigenvalue weighted by atomic mass is 9.73. The lowest BCUT2D eigenvalue weighted by molar-refractivity contribution is -0.138. The van der Waals surface area contributed by atoms with E-state index in [9.17, 15) is 9.59 Å². The van der Waals surface area contributed by atoms with E-state index in [1.807, 2.05) is 36.4 Å². The summed E-state index contributed by atoms with van der Waals surface area (Å²) in [5.74, 6) is 1.36. The van der Waals surface area contributed by atoms with Gasteiger partial charge in [0.2, 0.25) is 11.8 Å². The van der Waals surface area contributed by atoms with Gasteiger partial charge in [-0.25, -0.2) is 9.97 Å². The fourth-order valence-electron chi connectivity index (χ4n) is 5.67. The van der Waals surface area contributed by atoms with Crippen molar-refractivity contribution in [3.05, 3.63) is 78.1 Å². The van der Waals surface area contributed by atoms with Gasteiger partial charge in [-0.05, 0) is 87.5 Å². The summed E-state index contributed by atoms with van der Waals surface area (Å²) in [6.45, 7) is 4.89. The number of aromatic nitrogens is 2. The number of carbonyl (C=O) groups is 2. The van der Waals surface area contributed by atoms with Crippen molar-refractivity contribution in [3.8, 4) is 17.5 Å². The van der Waals surface area contributed by atoms with Crippen LogP contribution in [-0.4, -0.2) is 59.0 Å². The summed E-state index contributed by atoms with van der Waals surface area (Å²) in [4.78, 5) is 37.1. The fourth-order valence-corrected chi connectivity index (χ4v) is 5.67. The number of likely N-dealkylation sites (tertiary alicyclic amines) is 1. The molecule has 2 amide bonds. The van der Waals surface area contributed by atoms with Gasteiger partial charge in [-0.1, -0.05) is 36.8 Å². The first-order chi connectivity index (χ1) is 20.0. The first-order valence-corrected chi connectivity index (χ1v) is 14.6. The Morgan fingerprint density at radius 1 is 1.00 bits per heavy atom. The average Bonchev–Trinajstić information content (AvgIpc) is 2.99. The van der Waals surface area contributed by atoms with Gasteiger partial charge in [0.05, 0.1) is 12.0 Å². The molecule has 0 bridgehead atoms. The van der Waals surface area contributed by atoms with E-state index >= 15 is 0 Å².